The number of amides is 2. The predicted molar refractivity (Wildman–Crippen MR) is 128 cm³/mol. The van der Waals surface area contributed by atoms with Gasteiger partial charge in [0.1, 0.15) is 11.6 Å². The van der Waals surface area contributed by atoms with Gasteiger partial charge in [0.25, 0.3) is 0 Å². The largest absolute Gasteiger partial charge is 0.497 e. The lowest BCUT2D eigenvalue weighted by Crippen LogP contribution is -2.38. The summed E-state index contributed by atoms with van der Waals surface area (Å²) in [6.45, 7) is 7.56. The number of methoxy groups -OCH3 is 1. The first-order valence-electron chi connectivity index (χ1n) is 11.7. The number of ether oxygens (including phenoxy) is 1. The second-order valence-electron chi connectivity index (χ2n) is 9.06. The van der Waals surface area contributed by atoms with Crippen molar-refractivity contribution in [1.29, 1.82) is 0 Å². The van der Waals surface area contributed by atoms with Gasteiger partial charge in [-0.1, -0.05) is 19.1 Å². The zero-order valence-corrected chi connectivity index (χ0v) is 19.2. The van der Waals surface area contributed by atoms with Crippen LogP contribution >= 0.6 is 0 Å². The van der Waals surface area contributed by atoms with E-state index < -0.39 is 0 Å². The first kappa shape index (κ1) is 22.2. The van der Waals surface area contributed by atoms with E-state index in [1.54, 1.807) is 7.11 Å². The monoisotopic (exact) mass is 437 g/mol. The number of benzene rings is 1. The minimum Gasteiger partial charge on any atom is -0.497 e. The summed E-state index contributed by atoms with van der Waals surface area (Å²) in [4.78, 5) is 21.6. The minimum atomic E-state index is -0.126. The quantitative estimate of drug-likeness (QED) is 0.692. The number of hydrogen-bond acceptors (Lipinski definition) is 5. The van der Waals surface area contributed by atoms with E-state index >= 15 is 0 Å². The molecule has 1 aromatic carbocycles. The lowest BCUT2D eigenvalue weighted by atomic mass is 9.99. The van der Waals surface area contributed by atoms with Crippen LogP contribution in [0.15, 0.2) is 42.6 Å². The second-order valence-corrected chi connectivity index (χ2v) is 9.06. The second kappa shape index (κ2) is 10.6. The van der Waals surface area contributed by atoms with Crippen molar-refractivity contribution in [3.8, 4) is 5.75 Å². The Kier molecular flexibility index (Phi) is 7.35. The Morgan fingerprint density at radius 3 is 2.66 bits per heavy atom. The van der Waals surface area contributed by atoms with Crippen LogP contribution in [0.1, 0.15) is 31.7 Å². The Balaban J connectivity index is 1.17. The molecule has 0 bridgehead atoms. The Hall–Kier alpha value is -2.96. The summed E-state index contributed by atoms with van der Waals surface area (Å²) < 4.78 is 5.33. The summed E-state index contributed by atoms with van der Waals surface area (Å²) in [5, 5.41) is 5.98. The molecule has 1 aromatic heterocycles. The van der Waals surface area contributed by atoms with E-state index in [0.717, 1.165) is 55.6 Å². The molecule has 172 valence electrons. The molecule has 4 rings (SSSR count). The topological polar surface area (TPSA) is 69.7 Å². The summed E-state index contributed by atoms with van der Waals surface area (Å²) in [6, 6.07) is 12.1. The van der Waals surface area contributed by atoms with Crippen molar-refractivity contribution >= 4 is 17.5 Å². The molecular formula is C25H35N5O2. The lowest BCUT2D eigenvalue weighted by Gasteiger charge is -2.31. The number of nitrogens with zero attached hydrogens (tertiary/aromatic N) is 3. The van der Waals surface area contributed by atoms with Gasteiger partial charge in [0.15, 0.2) is 0 Å². The third-order valence-electron chi connectivity index (χ3n) is 6.63. The van der Waals surface area contributed by atoms with Crippen molar-refractivity contribution in [1.82, 2.24) is 15.6 Å². The maximum Gasteiger partial charge on any atom is 0.315 e. The van der Waals surface area contributed by atoms with Crippen LogP contribution in [0.2, 0.25) is 0 Å². The van der Waals surface area contributed by atoms with Gasteiger partial charge in [-0.2, -0.15) is 0 Å². The molecule has 2 aliphatic rings. The normalized spacial score (nSPS) is 19.1. The highest BCUT2D eigenvalue weighted by molar-refractivity contribution is 5.73. The van der Waals surface area contributed by atoms with E-state index in [9.17, 15) is 4.79 Å². The van der Waals surface area contributed by atoms with Crippen LogP contribution in [0.5, 0.6) is 5.75 Å². The van der Waals surface area contributed by atoms with Crippen LogP contribution in [0, 0.1) is 11.8 Å². The summed E-state index contributed by atoms with van der Waals surface area (Å²) in [7, 11) is 1.69. The maximum absolute atomic E-state index is 12.3. The Bertz CT molecular complexity index is 880. The fraction of sp³-hybridized carbons (Fsp3) is 0.520. The molecule has 2 fully saturated rings. The molecule has 1 unspecified atom stereocenters. The van der Waals surface area contributed by atoms with Gasteiger partial charge < -0.3 is 25.2 Å². The van der Waals surface area contributed by atoms with Gasteiger partial charge in [-0.15, -0.1) is 0 Å². The highest BCUT2D eigenvalue weighted by Crippen LogP contribution is 2.26. The molecule has 2 aromatic rings. The third-order valence-corrected chi connectivity index (χ3v) is 6.63. The molecule has 2 aliphatic heterocycles. The molecule has 0 spiro atoms. The number of rotatable bonds is 7. The molecule has 0 radical (unpaired) electrons. The van der Waals surface area contributed by atoms with Gasteiger partial charge >= 0.3 is 6.03 Å². The smallest absolute Gasteiger partial charge is 0.315 e. The molecule has 32 heavy (non-hydrogen) atoms. The van der Waals surface area contributed by atoms with Crippen LogP contribution < -0.4 is 25.2 Å². The SMILES string of the molecule is COc1cccc(N2CCC(CNC(=O)NCc3ccc(N4CCC(C)CC4)nc3)C2)c1. The average molecular weight is 438 g/mol. The molecular weight excluding hydrogens is 402 g/mol. The number of hydrogen-bond donors (Lipinski definition) is 2. The first-order valence-corrected chi connectivity index (χ1v) is 11.7. The molecule has 7 nitrogen and oxygen atoms in total. The van der Waals surface area contributed by atoms with Crippen LogP contribution in [0.3, 0.4) is 0 Å². The van der Waals surface area contributed by atoms with Crippen molar-refractivity contribution < 1.29 is 9.53 Å². The highest BCUT2D eigenvalue weighted by atomic mass is 16.5. The van der Waals surface area contributed by atoms with Crippen LogP contribution in [0.25, 0.3) is 0 Å². The molecule has 2 saturated heterocycles. The van der Waals surface area contributed by atoms with Crippen LogP contribution in [0.4, 0.5) is 16.3 Å². The van der Waals surface area contributed by atoms with E-state index in [1.807, 2.05) is 18.3 Å². The third kappa shape index (κ3) is 5.84. The first-order chi connectivity index (χ1) is 15.6. The van der Waals surface area contributed by atoms with E-state index in [-0.39, 0.29) is 6.03 Å². The van der Waals surface area contributed by atoms with Crippen LogP contribution in [-0.2, 0) is 6.54 Å². The fourth-order valence-electron chi connectivity index (χ4n) is 4.47. The number of carbonyl (C=O) groups excluding carboxylic acids is 1. The van der Waals surface area contributed by atoms with E-state index in [1.165, 1.54) is 18.5 Å². The van der Waals surface area contributed by atoms with Crippen molar-refractivity contribution in [2.75, 3.05) is 49.6 Å². The van der Waals surface area contributed by atoms with E-state index in [2.05, 4.69) is 56.6 Å². The highest BCUT2D eigenvalue weighted by Gasteiger charge is 2.23. The van der Waals surface area contributed by atoms with Gasteiger partial charge in [0.05, 0.1) is 7.11 Å². The molecule has 7 heteroatoms. The van der Waals surface area contributed by atoms with E-state index in [0.29, 0.717) is 19.0 Å². The zero-order chi connectivity index (χ0) is 22.3. The average Bonchev–Trinajstić information content (AvgIpc) is 3.31. The van der Waals surface area contributed by atoms with Crippen molar-refractivity contribution in [3.05, 3.63) is 48.2 Å². The Labute approximate surface area is 191 Å². The van der Waals surface area contributed by atoms with Crippen molar-refractivity contribution in [2.24, 2.45) is 11.8 Å². The molecule has 2 amide bonds. The molecule has 2 N–H and O–H groups in total. The molecule has 0 aliphatic carbocycles. The number of urea groups is 1. The van der Waals surface area contributed by atoms with Gasteiger partial charge in [0, 0.05) is 57.2 Å². The number of nitrogens with one attached hydrogen (secondary N) is 2. The van der Waals surface area contributed by atoms with Crippen molar-refractivity contribution in [3.63, 3.8) is 0 Å². The predicted octanol–water partition coefficient (Wildman–Crippen LogP) is 3.65. The summed E-state index contributed by atoms with van der Waals surface area (Å²) >= 11 is 0. The number of carbonyl (C=O) groups is 1. The van der Waals surface area contributed by atoms with Gasteiger partial charge in [-0.25, -0.2) is 9.78 Å². The molecule has 3 heterocycles. The summed E-state index contributed by atoms with van der Waals surface area (Å²) in [6.07, 6.45) is 5.39. The molecule has 0 saturated carbocycles. The fourth-order valence-corrected chi connectivity index (χ4v) is 4.47. The van der Waals surface area contributed by atoms with Gasteiger partial charge in [0.2, 0.25) is 0 Å². The van der Waals surface area contributed by atoms with Crippen molar-refractivity contribution in [2.45, 2.75) is 32.7 Å². The van der Waals surface area contributed by atoms with E-state index in [4.69, 9.17) is 4.74 Å². The summed E-state index contributed by atoms with van der Waals surface area (Å²) in [5.41, 5.74) is 2.19. The number of piperidine rings is 1. The van der Waals surface area contributed by atoms with Gasteiger partial charge in [-0.05, 0) is 54.9 Å². The van der Waals surface area contributed by atoms with Crippen LogP contribution in [-0.4, -0.2) is 50.8 Å². The number of aromatic nitrogens is 1. The standard InChI is InChI=1S/C25H35N5O2/c1-19-8-11-29(12-9-19)24-7-6-20(15-26-24)16-27-25(31)28-17-21-10-13-30(18-21)22-4-3-5-23(14-22)32-2/h3-7,14-15,19,21H,8-13,16-18H2,1-2H3,(H2,27,28,31). The Morgan fingerprint density at radius 2 is 1.91 bits per heavy atom. The zero-order valence-electron chi connectivity index (χ0n) is 19.2. The lowest BCUT2D eigenvalue weighted by molar-refractivity contribution is 0.239. The number of anilines is 2. The van der Waals surface area contributed by atoms with Gasteiger partial charge in [-0.3, -0.25) is 0 Å². The molecule has 1 atom stereocenters. The minimum absolute atomic E-state index is 0.126. The maximum atomic E-state index is 12.3. The summed E-state index contributed by atoms with van der Waals surface area (Å²) in [5.74, 6) is 3.16. The number of pyridine rings is 1. The Morgan fingerprint density at radius 1 is 1.09 bits per heavy atom.